The Labute approximate surface area is 207 Å². The fourth-order valence-corrected chi connectivity index (χ4v) is 4.11. The first-order valence-corrected chi connectivity index (χ1v) is 11.8. The van der Waals surface area contributed by atoms with E-state index in [9.17, 15) is 14.7 Å². The predicted molar refractivity (Wildman–Crippen MR) is 134 cm³/mol. The second-order valence-electron chi connectivity index (χ2n) is 9.41. The van der Waals surface area contributed by atoms with Crippen molar-refractivity contribution in [3.8, 4) is 22.8 Å². The number of methoxy groups -OCH3 is 1. The number of nitrogens with zero attached hydrogens (tertiary/aromatic N) is 4. The van der Waals surface area contributed by atoms with Crippen molar-refractivity contribution in [2.24, 2.45) is 5.92 Å². The highest BCUT2D eigenvalue weighted by Gasteiger charge is 2.35. The van der Waals surface area contributed by atoms with Crippen LogP contribution in [0.25, 0.3) is 11.1 Å². The number of para-hydroxylation sites is 1. The number of carbonyl (C=O) groups excluding carboxylic acids is 2. The van der Waals surface area contributed by atoms with E-state index < -0.39 is 6.10 Å². The molecule has 3 rings (SSSR count). The van der Waals surface area contributed by atoms with E-state index in [0.29, 0.717) is 30.9 Å². The Balaban J connectivity index is 2.02. The van der Waals surface area contributed by atoms with Crippen molar-refractivity contribution in [2.45, 2.75) is 26.0 Å². The van der Waals surface area contributed by atoms with Gasteiger partial charge in [-0.25, -0.2) is 4.98 Å². The molecule has 1 aromatic carbocycles. The Morgan fingerprint density at radius 2 is 2.00 bits per heavy atom. The van der Waals surface area contributed by atoms with Crippen LogP contribution >= 0.6 is 0 Å². The first-order valence-electron chi connectivity index (χ1n) is 11.8. The lowest BCUT2D eigenvalue weighted by atomic mass is 9.99. The van der Waals surface area contributed by atoms with Crippen LogP contribution in [0, 0.1) is 5.92 Å². The number of likely N-dealkylation sites (N-methyl/N-ethyl adjacent to an activating group) is 2. The first kappa shape index (κ1) is 26.4. The summed E-state index contributed by atoms with van der Waals surface area (Å²) in [5.41, 5.74) is 1.84. The van der Waals surface area contributed by atoms with Gasteiger partial charge in [-0.2, -0.15) is 0 Å². The number of aliphatic hydroxyl groups excluding tert-OH is 1. The van der Waals surface area contributed by atoms with E-state index in [1.54, 1.807) is 36.2 Å². The molecule has 0 radical (unpaired) electrons. The third-order valence-electron chi connectivity index (χ3n) is 6.27. The van der Waals surface area contributed by atoms with Crippen LogP contribution in [0.5, 0.6) is 11.6 Å². The van der Waals surface area contributed by atoms with E-state index in [1.165, 1.54) is 0 Å². The fourth-order valence-electron chi connectivity index (χ4n) is 4.11. The molecule has 1 aromatic heterocycles. The molecule has 0 spiro atoms. The van der Waals surface area contributed by atoms with Gasteiger partial charge in [-0.05, 0) is 33.2 Å². The van der Waals surface area contributed by atoms with E-state index >= 15 is 0 Å². The monoisotopic (exact) mass is 484 g/mol. The van der Waals surface area contributed by atoms with Crippen molar-refractivity contribution in [3.05, 3.63) is 42.1 Å². The molecule has 0 saturated heterocycles. The van der Waals surface area contributed by atoms with Crippen molar-refractivity contribution in [1.82, 2.24) is 19.7 Å². The quantitative estimate of drug-likeness (QED) is 0.612. The van der Waals surface area contributed by atoms with Crippen molar-refractivity contribution in [2.75, 3.05) is 54.5 Å². The number of benzene rings is 1. The molecular weight excluding hydrogens is 448 g/mol. The molecule has 1 aliphatic rings. The summed E-state index contributed by atoms with van der Waals surface area (Å²) in [6, 6.07) is 8.89. The maximum atomic E-state index is 13.6. The van der Waals surface area contributed by atoms with E-state index in [2.05, 4.69) is 4.98 Å². The lowest BCUT2D eigenvalue weighted by Crippen LogP contribution is -2.51. The van der Waals surface area contributed by atoms with Crippen molar-refractivity contribution >= 4 is 11.8 Å². The standard InChI is InChI=1S/C26H36N4O5/c1-17-13-30(18(2)16-31)26(33)21-11-19(20-9-7-8-10-22(20)34-6)12-27-25(21)35-23(17)14-29(5)24(32)15-28(3)4/h7-12,17-18,23,31H,13-16H2,1-6H3/t17-,18-,23+/m1/s1. The van der Waals surface area contributed by atoms with Gasteiger partial charge in [0.15, 0.2) is 0 Å². The minimum atomic E-state index is -0.393. The number of rotatable bonds is 8. The molecule has 9 nitrogen and oxygen atoms in total. The van der Waals surface area contributed by atoms with Gasteiger partial charge in [0.25, 0.3) is 5.91 Å². The van der Waals surface area contributed by atoms with Crippen LogP contribution in [0.4, 0.5) is 0 Å². The molecule has 2 amide bonds. The summed E-state index contributed by atoms with van der Waals surface area (Å²) in [4.78, 5) is 35.9. The molecule has 35 heavy (non-hydrogen) atoms. The smallest absolute Gasteiger partial charge is 0.259 e. The van der Waals surface area contributed by atoms with E-state index in [-0.39, 0.29) is 36.3 Å². The number of hydrogen-bond acceptors (Lipinski definition) is 7. The van der Waals surface area contributed by atoms with Crippen LogP contribution in [0.15, 0.2) is 36.5 Å². The largest absolute Gasteiger partial charge is 0.496 e. The molecule has 190 valence electrons. The normalized spacial score (nSPS) is 18.9. The minimum Gasteiger partial charge on any atom is -0.496 e. The van der Waals surface area contributed by atoms with Crippen LogP contribution < -0.4 is 9.47 Å². The summed E-state index contributed by atoms with van der Waals surface area (Å²) < 4.78 is 11.8. The average molecular weight is 485 g/mol. The molecule has 2 heterocycles. The van der Waals surface area contributed by atoms with Crippen molar-refractivity contribution in [3.63, 3.8) is 0 Å². The molecule has 1 aliphatic heterocycles. The Hall–Kier alpha value is -3.17. The molecule has 0 aliphatic carbocycles. The zero-order valence-corrected chi connectivity index (χ0v) is 21.4. The van der Waals surface area contributed by atoms with E-state index in [4.69, 9.17) is 9.47 Å². The van der Waals surface area contributed by atoms with Gasteiger partial charge in [-0.15, -0.1) is 0 Å². The average Bonchev–Trinajstić information content (AvgIpc) is 2.84. The number of pyridine rings is 1. The summed E-state index contributed by atoms with van der Waals surface area (Å²) in [6.45, 7) is 4.64. The lowest BCUT2D eigenvalue weighted by molar-refractivity contribution is -0.132. The van der Waals surface area contributed by atoms with E-state index in [1.807, 2.05) is 57.1 Å². The summed E-state index contributed by atoms with van der Waals surface area (Å²) in [5.74, 6) is 0.499. The Kier molecular flexibility index (Phi) is 8.69. The van der Waals surface area contributed by atoms with Crippen molar-refractivity contribution < 1.29 is 24.2 Å². The molecule has 0 bridgehead atoms. The number of fused-ring (bicyclic) bond motifs is 1. The van der Waals surface area contributed by atoms with Gasteiger partial charge in [-0.3, -0.25) is 9.59 Å². The van der Waals surface area contributed by atoms with Crippen LogP contribution in [-0.4, -0.2) is 103 Å². The zero-order chi connectivity index (χ0) is 25.7. The van der Waals surface area contributed by atoms with Crippen LogP contribution in [0.2, 0.25) is 0 Å². The number of amides is 2. The second kappa shape index (κ2) is 11.5. The third-order valence-corrected chi connectivity index (χ3v) is 6.27. The molecule has 1 N–H and O–H groups in total. The van der Waals surface area contributed by atoms with Crippen LogP contribution in [0.3, 0.4) is 0 Å². The Bertz CT molecular complexity index is 1040. The second-order valence-corrected chi connectivity index (χ2v) is 9.41. The Morgan fingerprint density at radius 1 is 1.29 bits per heavy atom. The first-order chi connectivity index (χ1) is 16.7. The molecule has 2 aromatic rings. The highest BCUT2D eigenvalue weighted by molar-refractivity contribution is 5.98. The molecule has 0 unspecified atom stereocenters. The Morgan fingerprint density at radius 3 is 2.66 bits per heavy atom. The van der Waals surface area contributed by atoms with Gasteiger partial charge in [-0.1, -0.05) is 25.1 Å². The van der Waals surface area contributed by atoms with Gasteiger partial charge in [0.05, 0.1) is 32.8 Å². The highest BCUT2D eigenvalue weighted by atomic mass is 16.5. The van der Waals surface area contributed by atoms with Crippen LogP contribution in [0.1, 0.15) is 24.2 Å². The summed E-state index contributed by atoms with van der Waals surface area (Å²) in [5, 5.41) is 9.86. The highest BCUT2D eigenvalue weighted by Crippen LogP contribution is 2.34. The predicted octanol–water partition coefficient (Wildman–Crippen LogP) is 2.00. The van der Waals surface area contributed by atoms with Crippen molar-refractivity contribution in [1.29, 1.82) is 0 Å². The van der Waals surface area contributed by atoms with Gasteiger partial charge in [0.1, 0.15) is 17.4 Å². The molecule has 9 heteroatoms. The number of aromatic nitrogens is 1. The number of hydrogen-bond donors (Lipinski definition) is 1. The SMILES string of the molecule is COc1ccccc1-c1cnc2c(c1)C(=O)N([C@H](C)CO)C[C@@H](C)[C@H](CN(C)C(=O)CN(C)C)O2. The van der Waals surface area contributed by atoms with Gasteiger partial charge in [0, 0.05) is 36.8 Å². The summed E-state index contributed by atoms with van der Waals surface area (Å²) in [6.07, 6.45) is 1.27. The summed E-state index contributed by atoms with van der Waals surface area (Å²) in [7, 11) is 7.04. The molecule has 0 fully saturated rings. The van der Waals surface area contributed by atoms with E-state index in [0.717, 1.165) is 11.1 Å². The molecule has 3 atom stereocenters. The maximum Gasteiger partial charge on any atom is 0.259 e. The summed E-state index contributed by atoms with van der Waals surface area (Å²) >= 11 is 0. The van der Waals surface area contributed by atoms with Crippen LogP contribution in [-0.2, 0) is 4.79 Å². The fraction of sp³-hybridized carbons (Fsp3) is 0.500. The third kappa shape index (κ3) is 6.10. The number of carbonyl (C=O) groups is 2. The topological polar surface area (TPSA) is 95.4 Å². The molecule has 0 saturated carbocycles. The van der Waals surface area contributed by atoms with Gasteiger partial charge in [0.2, 0.25) is 11.8 Å². The lowest BCUT2D eigenvalue weighted by Gasteiger charge is -2.37. The number of aliphatic hydroxyl groups is 1. The minimum absolute atomic E-state index is 0.0239. The number of ether oxygens (including phenoxy) is 2. The van der Waals surface area contributed by atoms with Gasteiger partial charge >= 0.3 is 0 Å². The maximum absolute atomic E-state index is 13.6. The van der Waals surface area contributed by atoms with Gasteiger partial charge < -0.3 is 29.3 Å². The molecular formula is C26H36N4O5. The zero-order valence-electron chi connectivity index (χ0n) is 21.4.